The average molecular weight is 632 g/mol. The van der Waals surface area contributed by atoms with Crippen molar-refractivity contribution in [1.82, 2.24) is 4.57 Å². The summed E-state index contributed by atoms with van der Waals surface area (Å²) in [6, 6.07) is 55.8. The van der Waals surface area contributed by atoms with Crippen LogP contribution in [-0.4, -0.2) is 11.7 Å². The van der Waals surface area contributed by atoms with Crippen molar-refractivity contribution in [1.29, 1.82) is 0 Å². The molecule has 0 unspecified atom stereocenters. The summed E-state index contributed by atoms with van der Waals surface area (Å²) >= 11 is 0. The van der Waals surface area contributed by atoms with Gasteiger partial charge in [-0.05, 0) is 114 Å². The van der Waals surface area contributed by atoms with Gasteiger partial charge in [-0.25, -0.2) is 0 Å². The zero-order chi connectivity index (χ0) is 33.3. The maximum absolute atomic E-state index is 5.52. The highest BCUT2D eigenvalue weighted by Crippen LogP contribution is 2.45. The van der Waals surface area contributed by atoms with Crippen LogP contribution in [-0.2, 0) is 5.41 Å². The fourth-order valence-corrected chi connectivity index (χ4v) is 7.75. The molecule has 1 heterocycles. The lowest BCUT2D eigenvalue weighted by molar-refractivity contribution is 0.415. The van der Waals surface area contributed by atoms with E-state index in [2.05, 4.69) is 171 Å². The van der Waals surface area contributed by atoms with Crippen LogP contribution >= 0.6 is 0 Å². The van der Waals surface area contributed by atoms with Crippen LogP contribution in [0.25, 0.3) is 82.1 Å². The standard InChI is InChI=1S/C47H37NO/c1-47(2,3)34-22-26-41-42(29-34)46(33-18-17-32-28-36(49-4)25-21-31(32)27-33)40-14-6-5-13-39(40)45(41)30-19-23-35(24-20-30)48-43-15-9-7-11-37(43)38-12-8-10-16-44(38)48/h5-29H,1-4H3. The van der Waals surface area contributed by atoms with Crippen molar-refractivity contribution < 1.29 is 4.74 Å². The molecule has 2 heteroatoms. The third-order valence-corrected chi connectivity index (χ3v) is 10.2. The van der Waals surface area contributed by atoms with Crippen LogP contribution < -0.4 is 4.74 Å². The molecule has 9 rings (SSSR count). The molecule has 236 valence electrons. The van der Waals surface area contributed by atoms with Gasteiger partial charge in [0.25, 0.3) is 0 Å². The first-order valence-corrected chi connectivity index (χ1v) is 17.1. The van der Waals surface area contributed by atoms with E-state index in [1.165, 1.54) is 81.9 Å². The van der Waals surface area contributed by atoms with Crippen molar-refractivity contribution in [3.63, 3.8) is 0 Å². The number of hydrogen-bond acceptors (Lipinski definition) is 1. The number of aromatic nitrogens is 1. The first-order valence-electron chi connectivity index (χ1n) is 17.1. The number of rotatable bonds is 4. The maximum atomic E-state index is 5.52. The van der Waals surface area contributed by atoms with Gasteiger partial charge < -0.3 is 9.30 Å². The lowest BCUT2D eigenvalue weighted by Crippen LogP contribution is -2.10. The van der Waals surface area contributed by atoms with Gasteiger partial charge in [0.2, 0.25) is 0 Å². The molecule has 9 aromatic rings. The Morgan fingerprint density at radius 1 is 0.449 bits per heavy atom. The van der Waals surface area contributed by atoms with Gasteiger partial charge in [0, 0.05) is 16.5 Å². The minimum Gasteiger partial charge on any atom is -0.497 e. The lowest BCUT2D eigenvalue weighted by atomic mass is 9.81. The van der Waals surface area contributed by atoms with Gasteiger partial charge in [-0.15, -0.1) is 0 Å². The summed E-state index contributed by atoms with van der Waals surface area (Å²) in [5, 5.41) is 9.98. The fraction of sp³-hybridized carbons (Fsp3) is 0.106. The molecule has 0 fully saturated rings. The highest BCUT2D eigenvalue weighted by atomic mass is 16.5. The molecule has 0 aliphatic carbocycles. The first-order chi connectivity index (χ1) is 23.9. The molecule has 0 amide bonds. The largest absolute Gasteiger partial charge is 0.497 e. The van der Waals surface area contributed by atoms with Crippen LogP contribution in [0.2, 0.25) is 0 Å². The van der Waals surface area contributed by atoms with Crippen molar-refractivity contribution >= 4 is 54.1 Å². The number of methoxy groups -OCH3 is 1. The third kappa shape index (κ3) is 4.70. The summed E-state index contributed by atoms with van der Waals surface area (Å²) in [5.41, 5.74) is 9.93. The van der Waals surface area contributed by atoms with Gasteiger partial charge in [0.1, 0.15) is 5.75 Å². The zero-order valence-corrected chi connectivity index (χ0v) is 28.3. The molecule has 0 aliphatic heterocycles. The van der Waals surface area contributed by atoms with Gasteiger partial charge in [-0.2, -0.15) is 0 Å². The molecule has 2 nitrogen and oxygen atoms in total. The highest BCUT2D eigenvalue weighted by Gasteiger charge is 2.21. The van der Waals surface area contributed by atoms with E-state index in [1.807, 2.05) is 6.07 Å². The molecule has 8 aromatic carbocycles. The topological polar surface area (TPSA) is 14.2 Å². The SMILES string of the molecule is COc1ccc2cc(-c3c4ccccc4c(-c4ccc(-n5c6ccccc6c6ccccc65)cc4)c4ccc(C(C)(C)C)cc34)ccc2c1. The second-order valence-electron chi connectivity index (χ2n) is 14.2. The molecule has 0 saturated carbocycles. The normalized spacial score (nSPS) is 12.1. The molecule has 0 atom stereocenters. The Morgan fingerprint density at radius 2 is 0.980 bits per heavy atom. The van der Waals surface area contributed by atoms with E-state index in [9.17, 15) is 0 Å². The fourth-order valence-electron chi connectivity index (χ4n) is 7.75. The molecule has 0 bridgehead atoms. The number of ether oxygens (including phenoxy) is 1. The highest BCUT2D eigenvalue weighted by molar-refractivity contribution is 6.22. The van der Waals surface area contributed by atoms with Gasteiger partial charge in [0.15, 0.2) is 0 Å². The molecule has 0 aliphatic rings. The van der Waals surface area contributed by atoms with E-state index < -0.39 is 0 Å². The maximum Gasteiger partial charge on any atom is 0.119 e. The summed E-state index contributed by atoms with van der Waals surface area (Å²) in [6.07, 6.45) is 0. The first kappa shape index (κ1) is 29.3. The summed E-state index contributed by atoms with van der Waals surface area (Å²) in [7, 11) is 1.72. The molecule has 0 radical (unpaired) electrons. The van der Waals surface area contributed by atoms with E-state index in [0.717, 1.165) is 11.4 Å². The molecule has 1 aromatic heterocycles. The summed E-state index contributed by atoms with van der Waals surface area (Å²) in [6.45, 7) is 6.89. The van der Waals surface area contributed by atoms with Crippen LogP contribution in [0.4, 0.5) is 0 Å². The second-order valence-corrected chi connectivity index (χ2v) is 14.2. The van der Waals surface area contributed by atoms with Crippen molar-refractivity contribution in [3.8, 4) is 33.7 Å². The molecule has 0 saturated heterocycles. The van der Waals surface area contributed by atoms with E-state index in [0.29, 0.717) is 0 Å². The quantitative estimate of drug-likeness (QED) is 0.176. The Bertz CT molecular complexity index is 2670. The van der Waals surface area contributed by atoms with Crippen LogP contribution in [0.3, 0.4) is 0 Å². The minimum atomic E-state index is 0.0150. The zero-order valence-electron chi connectivity index (χ0n) is 28.3. The van der Waals surface area contributed by atoms with E-state index >= 15 is 0 Å². The van der Waals surface area contributed by atoms with Crippen molar-refractivity contribution in [3.05, 3.63) is 157 Å². The minimum absolute atomic E-state index is 0.0150. The number of benzene rings is 8. The summed E-state index contributed by atoms with van der Waals surface area (Å²) in [4.78, 5) is 0. The lowest BCUT2D eigenvalue weighted by Gasteiger charge is -2.23. The van der Waals surface area contributed by atoms with Crippen LogP contribution in [0.5, 0.6) is 5.75 Å². The molecular weight excluding hydrogens is 595 g/mol. The average Bonchev–Trinajstić information content (AvgIpc) is 3.47. The van der Waals surface area contributed by atoms with Crippen LogP contribution in [0.15, 0.2) is 152 Å². The number of fused-ring (bicyclic) bond motifs is 6. The van der Waals surface area contributed by atoms with Gasteiger partial charge in [-0.3, -0.25) is 0 Å². The summed E-state index contributed by atoms with van der Waals surface area (Å²) in [5.74, 6) is 0.875. The van der Waals surface area contributed by atoms with Gasteiger partial charge in [-0.1, -0.05) is 124 Å². The van der Waals surface area contributed by atoms with E-state index in [1.54, 1.807) is 7.11 Å². The Morgan fingerprint density at radius 3 is 1.61 bits per heavy atom. The van der Waals surface area contributed by atoms with Crippen LogP contribution in [0.1, 0.15) is 26.3 Å². The second kappa shape index (κ2) is 11.1. The van der Waals surface area contributed by atoms with Gasteiger partial charge in [0.05, 0.1) is 18.1 Å². The number of nitrogens with zero attached hydrogens (tertiary/aromatic N) is 1. The Labute approximate surface area is 286 Å². The number of para-hydroxylation sites is 2. The molecule has 49 heavy (non-hydrogen) atoms. The Kier molecular flexibility index (Phi) is 6.64. The van der Waals surface area contributed by atoms with Crippen molar-refractivity contribution in [2.24, 2.45) is 0 Å². The Balaban J connectivity index is 1.29. The van der Waals surface area contributed by atoms with Crippen molar-refractivity contribution in [2.45, 2.75) is 26.2 Å². The molecule has 0 spiro atoms. The smallest absolute Gasteiger partial charge is 0.119 e. The van der Waals surface area contributed by atoms with Crippen molar-refractivity contribution in [2.75, 3.05) is 7.11 Å². The predicted molar refractivity (Wildman–Crippen MR) is 209 cm³/mol. The molecular formula is C47H37NO. The molecule has 0 N–H and O–H groups in total. The Hall–Kier alpha value is -5.86. The summed E-state index contributed by atoms with van der Waals surface area (Å²) < 4.78 is 7.90. The third-order valence-electron chi connectivity index (χ3n) is 10.2. The monoisotopic (exact) mass is 631 g/mol. The predicted octanol–water partition coefficient (Wildman–Crippen LogP) is 12.9. The van der Waals surface area contributed by atoms with Crippen LogP contribution in [0, 0.1) is 0 Å². The van der Waals surface area contributed by atoms with E-state index in [4.69, 9.17) is 4.74 Å². The van der Waals surface area contributed by atoms with Gasteiger partial charge >= 0.3 is 0 Å². The van der Waals surface area contributed by atoms with E-state index in [-0.39, 0.29) is 5.41 Å². The number of hydrogen-bond donors (Lipinski definition) is 0.